The van der Waals surface area contributed by atoms with Crippen LogP contribution in [0.25, 0.3) is 0 Å². The largest absolute Gasteiger partial charge is 0.388 e. The summed E-state index contributed by atoms with van der Waals surface area (Å²) in [6, 6.07) is 0.447. The van der Waals surface area contributed by atoms with Gasteiger partial charge in [0.1, 0.15) is 0 Å². The Morgan fingerprint density at radius 2 is 1.88 bits per heavy atom. The Morgan fingerprint density at radius 1 is 1.25 bits per heavy atom. The number of hydrogen-bond donors (Lipinski definition) is 3. The number of ether oxygens (including phenoxy) is 1. The number of aliphatic hydroxyl groups is 1. The number of halogens is 1. The van der Waals surface area contributed by atoms with Crippen LogP contribution in [0.1, 0.15) is 46.5 Å². The number of nitrogens with one attached hydrogen (secondary N) is 2. The van der Waals surface area contributed by atoms with Crippen molar-refractivity contribution in [3.63, 3.8) is 0 Å². The summed E-state index contributed by atoms with van der Waals surface area (Å²) in [5.74, 6) is 0.822. The van der Waals surface area contributed by atoms with E-state index >= 15 is 0 Å². The number of rotatable bonds is 9. The molecule has 0 spiro atoms. The maximum absolute atomic E-state index is 10.4. The van der Waals surface area contributed by atoms with E-state index in [1.165, 1.54) is 0 Å². The predicted molar refractivity (Wildman–Crippen MR) is 111 cm³/mol. The third-order valence-electron chi connectivity index (χ3n) is 4.73. The molecule has 1 rings (SSSR count). The number of guanidine groups is 1. The summed E-state index contributed by atoms with van der Waals surface area (Å²) < 4.78 is 5.14. The van der Waals surface area contributed by atoms with E-state index in [4.69, 9.17) is 4.74 Å². The maximum atomic E-state index is 10.4. The second kappa shape index (κ2) is 13.1. The van der Waals surface area contributed by atoms with E-state index in [-0.39, 0.29) is 24.0 Å². The smallest absolute Gasteiger partial charge is 0.191 e. The van der Waals surface area contributed by atoms with Gasteiger partial charge in [-0.2, -0.15) is 0 Å². The van der Waals surface area contributed by atoms with Crippen molar-refractivity contribution in [2.45, 2.75) is 58.1 Å². The Morgan fingerprint density at radius 3 is 2.38 bits per heavy atom. The zero-order chi connectivity index (χ0) is 17.1. The second-order valence-electron chi connectivity index (χ2n) is 6.38. The highest BCUT2D eigenvalue weighted by atomic mass is 127. The lowest BCUT2D eigenvalue weighted by molar-refractivity contribution is 0.0417. The van der Waals surface area contributed by atoms with Gasteiger partial charge in [0.15, 0.2) is 5.96 Å². The van der Waals surface area contributed by atoms with Gasteiger partial charge in [-0.1, -0.05) is 13.8 Å². The normalized spacial score (nSPS) is 17.5. The summed E-state index contributed by atoms with van der Waals surface area (Å²) in [4.78, 5) is 7.04. The monoisotopic (exact) mass is 456 g/mol. The minimum Gasteiger partial charge on any atom is -0.388 e. The lowest BCUT2D eigenvalue weighted by atomic mass is 9.98. The first-order valence-corrected chi connectivity index (χ1v) is 9.05. The molecule has 1 aliphatic heterocycles. The van der Waals surface area contributed by atoms with Gasteiger partial charge in [0, 0.05) is 39.3 Å². The summed E-state index contributed by atoms with van der Waals surface area (Å²) in [7, 11) is 1.75. The van der Waals surface area contributed by atoms with Crippen LogP contribution in [0.4, 0.5) is 0 Å². The molecule has 0 aromatic rings. The fourth-order valence-corrected chi connectivity index (χ4v) is 2.73. The van der Waals surface area contributed by atoms with E-state index in [2.05, 4.69) is 27.4 Å². The fourth-order valence-electron chi connectivity index (χ4n) is 2.73. The van der Waals surface area contributed by atoms with E-state index in [0.717, 1.165) is 64.4 Å². The van der Waals surface area contributed by atoms with Gasteiger partial charge < -0.3 is 25.4 Å². The number of aliphatic imine (C=N–C) groups is 1. The number of piperidine rings is 1. The molecule has 1 saturated heterocycles. The fraction of sp³-hybridized carbons (Fsp3) is 0.941. The standard InChI is InChI=1S/C17H36N4O2.HI/c1-5-17(22,6-2)14-19-16(18-7-3)20-15-8-10-21(11-9-15)12-13-23-4;/h15,22H,5-14H2,1-4H3,(H2,18,19,20);1H. The molecule has 0 radical (unpaired) electrons. The van der Waals surface area contributed by atoms with Gasteiger partial charge in [-0.15, -0.1) is 24.0 Å². The van der Waals surface area contributed by atoms with E-state index in [0.29, 0.717) is 12.6 Å². The summed E-state index contributed by atoms with van der Waals surface area (Å²) in [6.45, 7) is 11.4. The van der Waals surface area contributed by atoms with Crippen LogP contribution in [0, 0.1) is 0 Å². The van der Waals surface area contributed by atoms with Crippen molar-refractivity contribution in [2.75, 3.05) is 46.4 Å². The Balaban J connectivity index is 0.00000529. The second-order valence-corrected chi connectivity index (χ2v) is 6.38. The van der Waals surface area contributed by atoms with Crippen LogP contribution in [0.15, 0.2) is 4.99 Å². The first kappa shape index (κ1) is 23.9. The average molecular weight is 456 g/mol. The molecule has 3 N–H and O–H groups in total. The van der Waals surface area contributed by atoms with Gasteiger partial charge in [0.2, 0.25) is 0 Å². The maximum Gasteiger partial charge on any atom is 0.191 e. The van der Waals surface area contributed by atoms with Crippen LogP contribution >= 0.6 is 24.0 Å². The van der Waals surface area contributed by atoms with Crippen molar-refractivity contribution >= 4 is 29.9 Å². The number of likely N-dealkylation sites (tertiary alicyclic amines) is 1. The molecule has 0 bridgehead atoms. The van der Waals surface area contributed by atoms with E-state index in [9.17, 15) is 5.11 Å². The van der Waals surface area contributed by atoms with Crippen LogP contribution in [0.3, 0.4) is 0 Å². The van der Waals surface area contributed by atoms with Crippen molar-refractivity contribution in [1.29, 1.82) is 0 Å². The molecule has 1 fully saturated rings. The number of methoxy groups -OCH3 is 1. The lowest BCUT2D eigenvalue weighted by Crippen LogP contribution is -2.49. The zero-order valence-corrected chi connectivity index (χ0v) is 18.1. The van der Waals surface area contributed by atoms with Gasteiger partial charge in [-0.25, -0.2) is 0 Å². The molecule has 0 saturated carbocycles. The van der Waals surface area contributed by atoms with Crippen LogP contribution < -0.4 is 10.6 Å². The Hall–Kier alpha value is -0.120. The zero-order valence-electron chi connectivity index (χ0n) is 15.8. The van der Waals surface area contributed by atoms with Gasteiger partial charge in [-0.05, 0) is 32.6 Å². The Kier molecular flexibility index (Phi) is 13.1. The first-order chi connectivity index (χ1) is 11.1. The van der Waals surface area contributed by atoms with Crippen molar-refractivity contribution in [2.24, 2.45) is 4.99 Å². The highest BCUT2D eigenvalue weighted by Crippen LogP contribution is 2.15. The van der Waals surface area contributed by atoms with Gasteiger partial charge in [-0.3, -0.25) is 4.99 Å². The molecule has 7 heteroatoms. The molecule has 1 aliphatic rings. The van der Waals surface area contributed by atoms with Gasteiger partial charge in [0.25, 0.3) is 0 Å². The van der Waals surface area contributed by atoms with Crippen LogP contribution in [0.2, 0.25) is 0 Å². The molecule has 1 heterocycles. The number of hydrogen-bond acceptors (Lipinski definition) is 4. The molecule has 0 amide bonds. The van der Waals surface area contributed by atoms with Crippen LogP contribution in [0.5, 0.6) is 0 Å². The molecular weight excluding hydrogens is 419 g/mol. The quantitative estimate of drug-likeness (QED) is 0.281. The summed E-state index contributed by atoms with van der Waals surface area (Å²) in [5.41, 5.74) is -0.689. The molecule has 144 valence electrons. The van der Waals surface area contributed by atoms with Crippen molar-refractivity contribution in [3.8, 4) is 0 Å². The third kappa shape index (κ3) is 8.82. The lowest BCUT2D eigenvalue weighted by Gasteiger charge is -2.33. The van der Waals surface area contributed by atoms with Crippen LogP contribution in [-0.4, -0.2) is 74.0 Å². The minimum absolute atomic E-state index is 0. The van der Waals surface area contributed by atoms with E-state index < -0.39 is 5.60 Å². The minimum atomic E-state index is -0.689. The number of nitrogens with zero attached hydrogens (tertiary/aromatic N) is 2. The SMILES string of the molecule is CCNC(=NCC(O)(CC)CC)NC1CCN(CCOC)CC1.I. The van der Waals surface area contributed by atoms with Crippen molar-refractivity contribution < 1.29 is 9.84 Å². The highest BCUT2D eigenvalue weighted by molar-refractivity contribution is 14.0. The molecule has 0 aromatic heterocycles. The molecule has 0 aliphatic carbocycles. The molecule has 0 atom stereocenters. The van der Waals surface area contributed by atoms with Gasteiger partial charge in [0.05, 0.1) is 18.8 Å². The van der Waals surface area contributed by atoms with Crippen LogP contribution in [-0.2, 0) is 4.74 Å². The third-order valence-corrected chi connectivity index (χ3v) is 4.73. The molecule has 0 unspecified atom stereocenters. The Labute approximate surface area is 164 Å². The summed E-state index contributed by atoms with van der Waals surface area (Å²) in [5, 5.41) is 17.2. The Bertz CT molecular complexity index is 343. The van der Waals surface area contributed by atoms with Crippen molar-refractivity contribution in [1.82, 2.24) is 15.5 Å². The highest BCUT2D eigenvalue weighted by Gasteiger charge is 2.23. The molecule has 24 heavy (non-hydrogen) atoms. The van der Waals surface area contributed by atoms with Gasteiger partial charge >= 0.3 is 0 Å². The predicted octanol–water partition coefficient (Wildman–Crippen LogP) is 1.82. The summed E-state index contributed by atoms with van der Waals surface area (Å²) >= 11 is 0. The molecule has 0 aromatic carbocycles. The summed E-state index contributed by atoms with van der Waals surface area (Å²) in [6.07, 6.45) is 3.68. The average Bonchev–Trinajstić information content (AvgIpc) is 2.59. The van der Waals surface area contributed by atoms with Crippen molar-refractivity contribution in [3.05, 3.63) is 0 Å². The first-order valence-electron chi connectivity index (χ1n) is 9.05. The molecular formula is C17H37IN4O2. The topological polar surface area (TPSA) is 69.1 Å². The van der Waals surface area contributed by atoms with E-state index in [1.807, 2.05) is 13.8 Å². The van der Waals surface area contributed by atoms with E-state index in [1.54, 1.807) is 7.11 Å². The molecule has 6 nitrogen and oxygen atoms in total.